The van der Waals surface area contributed by atoms with Gasteiger partial charge in [-0.1, -0.05) is 55.9 Å². The van der Waals surface area contributed by atoms with Crippen molar-refractivity contribution in [3.63, 3.8) is 0 Å². The van der Waals surface area contributed by atoms with Gasteiger partial charge in [-0.15, -0.1) is 10.2 Å². The number of aromatic nitrogens is 3. The predicted molar refractivity (Wildman–Crippen MR) is 118 cm³/mol. The van der Waals surface area contributed by atoms with Gasteiger partial charge in [-0.25, -0.2) is 0 Å². The Bertz CT molecular complexity index is 1000. The zero-order valence-corrected chi connectivity index (χ0v) is 18.4. The van der Waals surface area contributed by atoms with Crippen LogP contribution in [0.3, 0.4) is 0 Å². The third kappa shape index (κ3) is 5.33. The van der Waals surface area contributed by atoms with Crippen LogP contribution in [0.4, 0.5) is 5.69 Å². The quantitative estimate of drug-likeness (QED) is 0.515. The van der Waals surface area contributed by atoms with E-state index in [1.165, 1.54) is 11.8 Å². The maximum absolute atomic E-state index is 12.4. The number of carbonyl (C=O) groups is 1. The van der Waals surface area contributed by atoms with E-state index < -0.39 is 0 Å². The lowest BCUT2D eigenvalue weighted by Gasteiger charge is -2.13. The van der Waals surface area contributed by atoms with Crippen molar-refractivity contribution in [1.29, 1.82) is 0 Å². The number of anilines is 1. The number of nitrogens with one attached hydrogen (secondary N) is 1. The fraction of sp³-hybridized carbons (Fsp3) is 0.318. The summed E-state index contributed by atoms with van der Waals surface area (Å²) in [6.07, 6.45) is 0. The average Bonchev–Trinajstić information content (AvgIpc) is 3.10. The normalized spacial score (nSPS) is 10.8. The van der Waals surface area contributed by atoms with Crippen LogP contribution in [0.15, 0.2) is 53.7 Å². The van der Waals surface area contributed by atoms with Gasteiger partial charge in [-0.2, -0.15) is 0 Å². The van der Waals surface area contributed by atoms with E-state index in [2.05, 4.69) is 29.4 Å². The molecule has 0 bridgehead atoms. The predicted octanol–water partition coefficient (Wildman–Crippen LogP) is 4.26. The summed E-state index contributed by atoms with van der Waals surface area (Å²) in [6.45, 7) is 4.46. The molecule has 0 aliphatic rings. The van der Waals surface area contributed by atoms with Gasteiger partial charge in [-0.05, 0) is 29.7 Å². The Kier molecular flexibility index (Phi) is 7.35. The molecule has 3 aromatic rings. The zero-order valence-electron chi connectivity index (χ0n) is 17.6. The van der Waals surface area contributed by atoms with Crippen LogP contribution < -0.4 is 14.8 Å². The fourth-order valence-corrected chi connectivity index (χ4v) is 3.64. The van der Waals surface area contributed by atoms with Crippen LogP contribution in [-0.4, -0.2) is 33.5 Å². The molecule has 0 atom stereocenters. The van der Waals surface area contributed by atoms with Crippen molar-refractivity contribution >= 4 is 23.4 Å². The number of para-hydroxylation sites is 3. The molecule has 1 N–H and O–H groups in total. The van der Waals surface area contributed by atoms with Gasteiger partial charge in [0.05, 0.1) is 12.9 Å². The molecule has 0 aliphatic heterocycles. The summed E-state index contributed by atoms with van der Waals surface area (Å²) in [4.78, 5) is 12.4. The van der Waals surface area contributed by atoms with E-state index in [-0.39, 0.29) is 18.3 Å². The van der Waals surface area contributed by atoms with Crippen LogP contribution in [0, 0.1) is 0 Å². The lowest BCUT2D eigenvalue weighted by molar-refractivity contribution is -0.113. The lowest BCUT2D eigenvalue weighted by Crippen LogP contribution is -2.16. The summed E-state index contributed by atoms with van der Waals surface area (Å²) < 4.78 is 12.9. The number of hydrogen-bond acceptors (Lipinski definition) is 6. The van der Waals surface area contributed by atoms with Crippen molar-refractivity contribution in [3.05, 3.63) is 59.9 Å². The molecule has 1 aromatic heterocycles. The molecule has 30 heavy (non-hydrogen) atoms. The molecule has 0 unspecified atom stereocenters. The molecule has 0 radical (unpaired) electrons. The molecule has 0 fully saturated rings. The number of thioether (sulfide) groups is 1. The van der Waals surface area contributed by atoms with E-state index in [1.807, 2.05) is 60.1 Å². The van der Waals surface area contributed by atoms with Gasteiger partial charge >= 0.3 is 0 Å². The lowest BCUT2D eigenvalue weighted by atomic mass is 10.0. The first kappa shape index (κ1) is 21.7. The molecule has 158 valence electrons. The van der Waals surface area contributed by atoms with E-state index in [1.54, 1.807) is 7.11 Å². The minimum absolute atomic E-state index is 0.0806. The molecule has 0 saturated carbocycles. The highest BCUT2D eigenvalue weighted by molar-refractivity contribution is 7.99. The molecule has 7 nitrogen and oxygen atoms in total. The van der Waals surface area contributed by atoms with Crippen molar-refractivity contribution in [3.8, 4) is 11.5 Å². The van der Waals surface area contributed by atoms with Gasteiger partial charge in [0.2, 0.25) is 5.91 Å². The van der Waals surface area contributed by atoms with Gasteiger partial charge in [0.25, 0.3) is 0 Å². The molecule has 0 aliphatic carbocycles. The highest BCUT2D eigenvalue weighted by Gasteiger charge is 2.14. The van der Waals surface area contributed by atoms with E-state index >= 15 is 0 Å². The van der Waals surface area contributed by atoms with Crippen LogP contribution in [0.2, 0.25) is 0 Å². The Labute approximate surface area is 180 Å². The third-order valence-electron chi connectivity index (χ3n) is 4.54. The maximum Gasteiger partial charge on any atom is 0.234 e. The Balaban J connectivity index is 1.57. The number of amides is 1. The first-order valence-electron chi connectivity index (χ1n) is 9.65. The summed E-state index contributed by atoms with van der Waals surface area (Å²) in [5.41, 5.74) is 1.97. The maximum atomic E-state index is 12.4. The SMILES string of the molecule is COc1ccccc1OCc1nnc(SCC(=O)Nc2ccccc2C(C)C)n1C. The Morgan fingerprint density at radius 3 is 2.53 bits per heavy atom. The smallest absolute Gasteiger partial charge is 0.234 e. The van der Waals surface area contributed by atoms with Crippen molar-refractivity contribution < 1.29 is 14.3 Å². The summed E-state index contributed by atoms with van der Waals surface area (Å²) >= 11 is 1.34. The summed E-state index contributed by atoms with van der Waals surface area (Å²) in [5.74, 6) is 2.45. The first-order valence-corrected chi connectivity index (χ1v) is 10.6. The Hall–Kier alpha value is -3.00. The monoisotopic (exact) mass is 426 g/mol. The average molecular weight is 427 g/mol. The molecule has 1 amide bonds. The number of hydrogen-bond donors (Lipinski definition) is 1. The second kappa shape index (κ2) is 10.2. The molecule has 0 spiro atoms. The largest absolute Gasteiger partial charge is 0.493 e. The van der Waals surface area contributed by atoms with E-state index in [0.29, 0.717) is 28.4 Å². The highest BCUT2D eigenvalue weighted by atomic mass is 32.2. The van der Waals surface area contributed by atoms with Crippen LogP contribution in [0.1, 0.15) is 31.2 Å². The Morgan fingerprint density at radius 1 is 1.10 bits per heavy atom. The summed E-state index contributed by atoms with van der Waals surface area (Å²) in [5, 5.41) is 12.0. The van der Waals surface area contributed by atoms with E-state index in [0.717, 1.165) is 11.3 Å². The van der Waals surface area contributed by atoms with E-state index in [4.69, 9.17) is 9.47 Å². The molecule has 3 rings (SSSR count). The molecular formula is C22H26N4O3S. The van der Waals surface area contributed by atoms with Gasteiger partial charge < -0.3 is 19.4 Å². The number of carbonyl (C=O) groups excluding carboxylic acids is 1. The number of rotatable bonds is 9. The van der Waals surface area contributed by atoms with Crippen LogP contribution in [0.25, 0.3) is 0 Å². The summed E-state index contributed by atoms with van der Waals surface area (Å²) in [7, 11) is 3.46. The minimum Gasteiger partial charge on any atom is -0.493 e. The van der Waals surface area contributed by atoms with Gasteiger partial charge in [0, 0.05) is 12.7 Å². The molecule has 2 aromatic carbocycles. The van der Waals surface area contributed by atoms with Gasteiger partial charge in [-0.3, -0.25) is 4.79 Å². The minimum atomic E-state index is -0.0806. The highest BCUT2D eigenvalue weighted by Crippen LogP contribution is 2.27. The van der Waals surface area contributed by atoms with Crippen LogP contribution in [0.5, 0.6) is 11.5 Å². The number of nitrogens with zero attached hydrogens (tertiary/aromatic N) is 3. The van der Waals surface area contributed by atoms with Gasteiger partial charge in [0.15, 0.2) is 22.5 Å². The standard InChI is InChI=1S/C22H26N4O3S/c1-15(2)16-9-5-6-10-17(16)23-21(27)14-30-22-25-24-20(26(22)3)13-29-19-12-8-7-11-18(19)28-4/h5-12,15H,13-14H2,1-4H3,(H,23,27). The second-order valence-electron chi connectivity index (χ2n) is 6.98. The van der Waals surface area contributed by atoms with Gasteiger partial charge in [0.1, 0.15) is 6.61 Å². The fourth-order valence-electron chi connectivity index (χ4n) is 2.91. The van der Waals surface area contributed by atoms with Crippen molar-refractivity contribution in [1.82, 2.24) is 14.8 Å². The number of benzene rings is 2. The van der Waals surface area contributed by atoms with Crippen molar-refractivity contribution in [2.24, 2.45) is 7.05 Å². The van der Waals surface area contributed by atoms with Crippen molar-refractivity contribution in [2.45, 2.75) is 31.5 Å². The van der Waals surface area contributed by atoms with Crippen LogP contribution in [-0.2, 0) is 18.4 Å². The van der Waals surface area contributed by atoms with Crippen LogP contribution >= 0.6 is 11.8 Å². The van der Waals surface area contributed by atoms with E-state index in [9.17, 15) is 4.79 Å². The molecule has 0 saturated heterocycles. The topological polar surface area (TPSA) is 78.3 Å². The molecular weight excluding hydrogens is 400 g/mol. The zero-order chi connectivity index (χ0) is 21.5. The summed E-state index contributed by atoms with van der Waals surface area (Å²) in [6, 6.07) is 15.3. The Morgan fingerprint density at radius 2 is 1.80 bits per heavy atom. The molecule has 1 heterocycles. The number of methoxy groups -OCH3 is 1. The molecule has 8 heteroatoms. The van der Waals surface area contributed by atoms with Crippen molar-refractivity contribution in [2.75, 3.05) is 18.2 Å². The first-order chi connectivity index (χ1) is 14.5. The second-order valence-corrected chi connectivity index (χ2v) is 7.92. The third-order valence-corrected chi connectivity index (χ3v) is 5.56. The number of ether oxygens (including phenoxy) is 2.